The number of rotatable bonds is 3. The zero-order valence-corrected chi connectivity index (χ0v) is 10.3. The molecule has 4 nitrogen and oxygen atoms in total. The number of carboxylic acids is 1. The number of ketones is 1. The van der Waals surface area contributed by atoms with Gasteiger partial charge in [-0.05, 0) is 30.0 Å². The van der Waals surface area contributed by atoms with E-state index in [2.05, 4.69) is 0 Å². The lowest BCUT2D eigenvalue weighted by Gasteiger charge is -2.28. The van der Waals surface area contributed by atoms with E-state index in [0.29, 0.717) is 12.8 Å². The molecule has 1 aliphatic carbocycles. The summed E-state index contributed by atoms with van der Waals surface area (Å²) in [6, 6.07) is 7.42. The van der Waals surface area contributed by atoms with Crippen molar-refractivity contribution in [1.82, 2.24) is 0 Å². The minimum atomic E-state index is -0.885. The highest BCUT2D eigenvalue weighted by Gasteiger charge is 2.35. The number of Topliss-reactive ketones (excluding diaryl/α,β-unsaturated/α-hetero) is 1. The Morgan fingerprint density at radius 2 is 2.00 bits per heavy atom. The summed E-state index contributed by atoms with van der Waals surface area (Å²) in [4.78, 5) is 22.6. The zero-order chi connectivity index (χ0) is 13.1. The molecule has 0 aliphatic heterocycles. The second-order valence-corrected chi connectivity index (χ2v) is 4.61. The second kappa shape index (κ2) is 5.21. The van der Waals surface area contributed by atoms with Crippen LogP contribution >= 0.6 is 0 Å². The summed E-state index contributed by atoms with van der Waals surface area (Å²) in [5.74, 6) is -0.765. The normalized spacial score (nSPS) is 23.7. The van der Waals surface area contributed by atoms with Crippen LogP contribution in [0.3, 0.4) is 0 Å². The van der Waals surface area contributed by atoms with Crippen molar-refractivity contribution >= 4 is 11.8 Å². The first-order valence-electron chi connectivity index (χ1n) is 6.00. The molecule has 1 aromatic rings. The maximum absolute atomic E-state index is 11.4. The maximum atomic E-state index is 11.4. The summed E-state index contributed by atoms with van der Waals surface area (Å²) in [5.41, 5.74) is 0.968. The molecule has 0 saturated heterocycles. The van der Waals surface area contributed by atoms with Gasteiger partial charge in [0.2, 0.25) is 0 Å². The average Bonchev–Trinajstić information content (AvgIpc) is 2.39. The Morgan fingerprint density at radius 1 is 1.33 bits per heavy atom. The highest BCUT2D eigenvalue weighted by Crippen LogP contribution is 2.37. The van der Waals surface area contributed by atoms with Gasteiger partial charge in [0.05, 0.1) is 13.0 Å². The number of carbonyl (C=O) groups is 2. The van der Waals surface area contributed by atoms with Gasteiger partial charge in [-0.3, -0.25) is 9.59 Å². The van der Waals surface area contributed by atoms with Crippen molar-refractivity contribution < 1.29 is 19.4 Å². The Bertz CT molecular complexity index is 449. The molecule has 0 spiro atoms. The van der Waals surface area contributed by atoms with Crippen molar-refractivity contribution in [1.29, 1.82) is 0 Å². The van der Waals surface area contributed by atoms with Gasteiger partial charge in [-0.2, -0.15) is 0 Å². The molecule has 0 unspecified atom stereocenters. The molecule has 0 heterocycles. The highest BCUT2D eigenvalue weighted by atomic mass is 16.5. The number of carboxylic acid groups (broad SMARTS) is 1. The van der Waals surface area contributed by atoms with Crippen LogP contribution in [-0.4, -0.2) is 24.0 Å². The Hall–Kier alpha value is -1.84. The molecule has 0 bridgehead atoms. The zero-order valence-electron chi connectivity index (χ0n) is 10.3. The van der Waals surface area contributed by atoms with Crippen molar-refractivity contribution in [3.8, 4) is 5.75 Å². The van der Waals surface area contributed by atoms with E-state index >= 15 is 0 Å². The van der Waals surface area contributed by atoms with Crippen LogP contribution in [0.5, 0.6) is 5.75 Å². The van der Waals surface area contributed by atoms with Gasteiger partial charge >= 0.3 is 5.97 Å². The molecule has 1 saturated carbocycles. The molecule has 4 heteroatoms. The van der Waals surface area contributed by atoms with Gasteiger partial charge in [-0.1, -0.05) is 12.1 Å². The molecule has 2 rings (SSSR count). The molecule has 96 valence electrons. The van der Waals surface area contributed by atoms with Crippen LogP contribution in [0, 0.1) is 5.92 Å². The largest absolute Gasteiger partial charge is 0.497 e. The molecule has 1 fully saturated rings. The molecule has 2 atom stereocenters. The third-order valence-electron chi connectivity index (χ3n) is 3.53. The lowest BCUT2D eigenvalue weighted by atomic mass is 9.75. The van der Waals surface area contributed by atoms with Crippen LogP contribution in [-0.2, 0) is 9.59 Å². The maximum Gasteiger partial charge on any atom is 0.307 e. The minimum absolute atomic E-state index is 0.0483. The number of methoxy groups -OCH3 is 1. The standard InChI is InChI=1S/C14H16O4/c1-18-11-5-2-9(3-6-11)12-7-4-10(15)8-13(12)14(16)17/h2-3,5-6,12-13H,4,7-8H2,1H3,(H,16,17)/t12-,13+/m1/s1. The van der Waals surface area contributed by atoms with Crippen molar-refractivity contribution in [2.45, 2.75) is 25.2 Å². The SMILES string of the molecule is COc1ccc([C@H]2CCC(=O)C[C@@H]2C(=O)O)cc1. The van der Waals surface area contributed by atoms with Crippen molar-refractivity contribution in [3.63, 3.8) is 0 Å². The molecule has 0 aromatic heterocycles. The van der Waals surface area contributed by atoms with Gasteiger partial charge in [-0.25, -0.2) is 0 Å². The first kappa shape index (κ1) is 12.6. The first-order valence-corrected chi connectivity index (χ1v) is 6.00. The van der Waals surface area contributed by atoms with Crippen molar-refractivity contribution in [2.24, 2.45) is 5.92 Å². The fourth-order valence-electron chi connectivity index (χ4n) is 2.52. The average molecular weight is 248 g/mol. The van der Waals surface area contributed by atoms with E-state index in [9.17, 15) is 14.7 Å². The summed E-state index contributed by atoms with van der Waals surface area (Å²) in [5, 5.41) is 9.21. The Morgan fingerprint density at radius 3 is 2.56 bits per heavy atom. The van der Waals surface area contributed by atoms with Crippen LogP contribution in [0.2, 0.25) is 0 Å². The summed E-state index contributed by atoms with van der Waals surface area (Å²) in [6.45, 7) is 0. The number of benzene rings is 1. The summed E-state index contributed by atoms with van der Waals surface area (Å²) in [6.07, 6.45) is 1.23. The molecule has 0 radical (unpaired) electrons. The van der Waals surface area contributed by atoms with E-state index in [1.807, 2.05) is 24.3 Å². The molecule has 1 aliphatic rings. The fourth-order valence-corrected chi connectivity index (χ4v) is 2.52. The van der Waals surface area contributed by atoms with Crippen LogP contribution in [0.4, 0.5) is 0 Å². The van der Waals surface area contributed by atoms with Gasteiger partial charge in [-0.15, -0.1) is 0 Å². The predicted octanol–water partition coefficient (Wildman–Crippen LogP) is 2.23. The summed E-state index contributed by atoms with van der Waals surface area (Å²) >= 11 is 0. The molecule has 1 N–H and O–H groups in total. The number of hydrogen-bond donors (Lipinski definition) is 1. The Kier molecular flexibility index (Phi) is 3.65. The Labute approximate surface area is 106 Å². The van der Waals surface area contributed by atoms with E-state index in [1.165, 1.54) is 0 Å². The minimum Gasteiger partial charge on any atom is -0.497 e. The van der Waals surface area contributed by atoms with Gasteiger partial charge in [0.15, 0.2) is 0 Å². The Balaban J connectivity index is 2.23. The van der Waals surface area contributed by atoms with E-state index in [0.717, 1.165) is 11.3 Å². The first-order chi connectivity index (χ1) is 8.61. The van der Waals surface area contributed by atoms with Gasteiger partial charge in [0.1, 0.15) is 11.5 Å². The lowest BCUT2D eigenvalue weighted by molar-refractivity contribution is -0.146. The quantitative estimate of drug-likeness (QED) is 0.891. The van der Waals surface area contributed by atoms with Crippen LogP contribution < -0.4 is 4.74 Å². The molecule has 1 aromatic carbocycles. The third kappa shape index (κ3) is 2.53. The van der Waals surface area contributed by atoms with Crippen molar-refractivity contribution in [3.05, 3.63) is 29.8 Å². The van der Waals surface area contributed by atoms with E-state index < -0.39 is 11.9 Å². The van der Waals surface area contributed by atoms with E-state index in [-0.39, 0.29) is 18.1 Å². The smallest absolute Gasteiger partial charge is 0.307 e. The van der Waals surface area contributed by atoms with E-state index in [1.54, 1.807) is 7.11 Å². The molecule has 18 heavy (non-hydrogen) atoms. The molecular weight excluding hydrogens is 232 g/mol. The van der Waals surface area contributed by atoms with E-state index in [4.69, 9.17) is 4.74 Å². The third-order valence-corrected chi connectivity index (χ3v) is 3.53. The number of ether oxygens (including phenoxy) is 1. The van der Waals surface area contributed by atoms with Crippen LogP contribution in [0.15, 0.2) is 24.3 Å². The number of carbonyl (C=O) groups excluding carboxylic acids is 1. The van der Waals surface area contributed by atoms with Crippen LogP contribution in [0.25, 0.3) is 0 Å². The van der Waals surface area contributed by atoms with Gasteiger partial charge in [0, 0.05) is 12.8 Å². The summed E-state index contributed by atoms with van der Waals surface area (Å²) in [7, 11) is 1.59. The second-order valence-electron chi connectivity index (χ2n) is 4.61. The van der Waals surface area contributed by atoms with Gasteiger partial charge < -0.3 is 9.84 Å². The number of hydrogen-bond acceptors (Lipinski definition) is 3. The summed E-state index contributed by atoms with van der Waals surface area (Å²) < 4.78 is 5.08. The fraction of sp³-hybridized carbons (Fsp3) is 0.429. The number of aliphatic carboxylic acids is 1. The molecule has 0 amide bonds. The molecular formula is C14H16O4. The lowest BCUT2D eigenvalue weighted by Crippen LogP contribution is -2.29. The monoisotopic (exact) mass is 248 g/mol. The van der Waals surface area contributed by atoms with Crippen LogP contribution in [0.1, 0.15) is 30.7 Å². The van der Waals surface area contributed by atoms with Gasteiger partial charge in [0.25, 0.3) is 0 Å². The topological polar surface area (TPSA) is 63.6 Å². The highest BCUT2D eigenvalue weighted by molar-refractivity contribution is 5.86. The predicted molar refractivity (Wildman–Crippen MR) is 65.7 cm³/mol. The van der Waals surface area contributed by atoms with Crippen molar-refractivity contribution in [2.75, 3.05) is 7.11 Å².